The topological polar surface area (TPSA) is 102 Å². The van der Waals surface area contributed by atoms with E-state index in [4.69, 9.17) is 16.3 Å². The Balaban J connectivity index is 2.04. The predicted molar refractivity (Wildman–Crippen MR) is 115 cm³/mol. The van der Waals surface area contributed by atoms with Crippen molar-refractivity contribution in [1.29, 1.82) is 0 Å². The highest BCUT2D eigenvalue weighted by Crippen LogP contribution is 2.34. The minimum atomic E-state index is -3.94. The Bertz CT molecular complexity index is 1010. The van der Waals surface area contributed by atoms with Crippen LogP contribution in [0.4, 0.5) is 11.4 Å². The van der Waals surface area contributed by atoms with Gasteiger partial charge in [-0.2, -0.15) is 4.31 Å². The second kappa shape index (κ2) is 9.30. The van der Waals surface area contributed by atoms with Crippen LogP contribution >= 0.6 is 11.6 Å². The van der Waals surface area contributed by atoms with Gasteiger partial charge in [0, 0.05) is 30.2 Å². The van der Waals surface area contributed by atoms with Crippen LogP contribution in [-0.2, 0) is 14.8 Å². The second-order valence-electron chi connectivity index (χ2n) is 7.37. The highest BCUT2D eigenvalue weighted by molar-refractivity contribution is 7.89. The first kappa shape index (κ1) is 22.5. The van der Waals surface area contributed by atoms with Crippen molar-refractivity contribution in [2.45, 2.75) is 24.8 Å². The number of nitrogens with one attached hydrogen (secondary N) is 1. The van der Waals surface area contributed by atoms with Gasteiger partial charge in [0.1, 0.15) is 4.90 Å². The van der Waals surface area contributed by atoms with Crippen molar-refractivity contribution in [2.24, 2.45) is 5.92 Å². The fourth-order valence-electron chi connectivity index (χ4n) is 3.36. The van der Waals surface area contributed by atoms with Gasteiger partial charge in [-0.05, 0) is 29.7 Å². The SMILES string of the molecule is CC(C)C(Nc1ccc([N+](=O)[O-])cc1S(=O)(=O)N1CCOCC1)c1ccc(Cl)cc1. The monoisotopic (exact) mass is 453 g/mol. The van der Waals surface area contributed by atoms with Crippen LogP contribution in [-0.4, -0.2) is 43.9 Å². The molecule has 2 aromatic carbocycles. The summed E-state index contributed by atoms with van der Waals surface area (Å²) in [4.78, 5) is 10.6. The van der Waals surface area contributed by atoms with E-state index in [1.54, 1.807) is 12.1 Å². The second-order valence-corrected chi connectivity index (χ2v) is 9.71. The van der Waals surface area contributed by atoms with Crippen molar-refractivity contribution >= 4 is 33.0 Å². The van der Waals surface area contributed by atoms with Gasteiger partial charge in [0.25, 0.3) is 5.69 Å². The van der Waals surface area contributed by atoms with E-state index < -0.39 is 14.9 Å². The molecule has 162 valence electrons. The molecular formula is C20H24ClN3O5S. The van der Waals surface area contributed by atoms with Crippen LogP contribution in [0.25, 0.3) is 0 Å². The summed E-state index contributed by atoms with van der Waals surface area (Å²) in [7, 11) is -3.94. The lowest BCUT2D eigenvalue weighted by Gasteiger charge is -2.29. The number of sulfonamides is 1. The van der Waals surface area contributed by atoms with Gasteiger partial charge in [0.2, 0.25) is 10.0 Å². The summed E-state index contributed by atoms with van der Waals surface area (Å²) in [6.07, 6.45) is 0. The molecule has 1 N–H and O–H groups in total. The van der Waals surface area contributed by atoms with Crippen molar-refractivity contribution in [3.63, 3.8) is 0 Å². The van der Waals surface area contributed by atoms with Crippen molar-refractivity contribution in [1.82, 2.24) is 4.31 Å². The molecule has 30 heavy (non-hydrogen) atoms. The number of non-ortho nitro benzene ring substituents is 1. The molecule has 0 amide bonds. The lowest BCUT2D eigenvalue weighted by Crippen LogP contribution is -2.40. The Morgan fingerprint density at radius 3 is 2.33 bits per heavy atom. The third-order valence-electron chi connectivity index (χ3n) is 4.97. The number of morpholine rings is 1. The maximum atomic E-state index is 13.3. The molecule has 1 aliphatic rings. The van der Waals surface area contributed by atoms with Gasteiger partial charge in [0.05, 0.1) is 29.9 Å². The van der Waals surface area contributed by atoms with Gasteiger partial charge in [-0.1, -0.05) is 37.6 Å². The average Bonchev–Trinajstić information content (AvgIpc) is 2.73. The molecule has 3 rings (SSSR count). The van der Waals surface area contributed by atoms with Crippen LogP contribution in [0.5, 0.6) is 0 Å². The molecular weight excluding hydrogens is 430 g/mol. The van der Waals surface area contributed by atoms with E-state index in [0.29, 0.717) is 10.7 Å². The largest absolute Gasteiger partial charge is 0.379 e. The van der Waals surface area contributed by atoms with Crippen molar-refractivity contribution in [3.05, 3.63) is 63.2 Å². The molecule has 8 nitrogen and oxygen atoms in total. The molecule has 1 aliphatic heterocycles. The zero-order valence-electron chi connectivity index (χ0n) is 16.7. The van der Waals surface area contributed by atoms with E-state index in [1.165, 1.54) is 16.4 Å². The molecule has 0 aliphatic carbocycles. The molecule has 2 aromatic rings. The summed E-state index contributed by atoms with van der Waals surface area (Å²) in [5, 5.41) is 15.2. The van der Waals surface area contributed by atoms with Gasteiger partial charge in [-0.15, -0.1) is 0 Å². The number of benzene rings is 2. The number of nitro benzene ring substituents is 1. The Hall–Kier alpha value is -2.20. The standard InChI is InChI=1S/C20H24ClN3O5S/c1-14(2)20(15-3-5-16(21)6-4-15)22-18-8-7-17(24(25)26)13-19(18)30(27,28)23-9-11-29-12-10-23/h3-8,13-14,20,22H,9-12H2,1-2H3. The molecule has 1 atom stereocenters. The molecule has 0 aromatic heterocycles. The Morgan fingerprint density at radius 1 is 1.13 bits per heavy atom. The molecule has 1 heterocycles. The third kappa shape index (κ3) is 4.92. The molecule has 1 unspecified atom stereocenters. The number of hydrogen-bond acceptors (Lipinski definition) is 6. The maximum Gasteiger partial charge on any atom is 0.270 e. The predicted octanol–water partition coefficient (Wildman–Crippen LogP) is 4.08. The van der Waals surface area contributed by atoms with Gasteiger partial charge >= 0.3 is 0 Å². The van der Waals surface area contributed by atoms with Crippen LogP contribution in [0.15, 0.2) is 47.4 Å². The highest BCUT2D eigenvalue weighted by atomic mass is 35.5. The number of nitro groups is 1. The Kier molecular flexibility index (Phi) is 6.97. The summed E-state index contributed by atoms with van der Waals surface area (Å²) in [5.74, 6) is 0.111. The summed E-state index contributed by atoms with van der Waals surface area (Å²) < 4.78 is 33.2. The van der Waals surface area contributed by atoms with Crippen LogP contribution in [0.3, 0.4) is 0 Å². The zero-order valence-corrected chi connectivity index (χ0v) is 18.3. The molecule has 0 radical (unpaired) electrons. The van der Waals surface area contributed by atoms with E-state index in [1.807, 2.05) is 26.0 Å². The summed E-state index contributed by atoms with van der Waals surface area (Å²) in [6, 6.07) is 11.0. The van der Waals surface area contributed by atoms with E-state index >= 15 is 0 Å². The number of nitrogens with zero attached hydrogens (tertiary/aromatic N) is 2. The van der Waals surface area contributed by atoms with Gasteiger partial charge in [-0.25, -0.2) is 8.42 Å². The third-order valence-corrected chi connectivity index (χ3v) is 7.16. The summed E-state index contributed by atoms with van der Waals surface area (Å²) >= 11 is 5.99. The smallest absolute Gasteiger partial charge is 0.270 e. The zero-order chi connectivity index (χ0) is 21.9. The average molecular weight is 454 g/mol. The van der Waals surface area contributed by atoms with Crippen molar-refractivity contribution in [2.75, 3.05) is 31.6 Å². The Morgan fingerprint density at radius 2 is 1.77 bits per heavy atom. The first-order chi connectivity index (χ1) is 14.2. The van der Waals surface area contributed by atoms with Crippen molar-refractivity contribution in [3.8, 4) is 0 Å². The van der Waals surface area contributed by atoms with Crippen molar-refractivity contribution < 1.29 is 18.1 Å². The number of ether oxygens (including phenoxy) is 1. The van der Waals surface area contributed by atoms with E-state index in [2.05, 4.69) is 5.32 Å². The van der Waals surface area contributed by atoms with Gasteiger partial charge in [-0.3, -0.25) is 10.1 Å². The summed E-state index contributed by atoms with van der Waals surface area (Å²) in [6.45, 7) is 5.00. The molecule has 0 bridgehead atoms. The maximum absolute atomic E-state index is 13.3. The first-order valence-corrected chi connectivity index (χ1v) is 11.4. The van der Waals surface area contributed by atoms with E-state index in [-0.39, 0.29) is 48.8 Å². The fraction of sp³-hybridized carbons (Fsp3) is 0.400. The van der Waals surface area contributed by atoms with E-state index in [9.17, 15) is 18.5 Å². The minimum Gasteiger partial charge on any atom is -0.379 e. The minimum absolute atomic E-state index is 0.111. The molecule has 0 spiro atoms. The number of anilines is 1. The van der Waals surface area contributed by atoms with Crippen LogP contribution in [0.2, 0.25) is 5.02 Å². The van der Waals surface area contributed by atoms with Gasteiger partial charge < -0.3 is 10.1 Å². The fourth-order valence-corrected chi connectivity index (χ4v) is 5.06. The highest BCUT2D eigenvalue weighted by Gasteiger charge is 2.31. The van der Waals surface area contributed by atoms with Crippen LogP contribution in [0, 0.1) is 16.0 Å². The first-order valence-electron chi connectivity index (χ1n) is 9.58. The molecule has 0 saturated carbocycles. The van der Waals surface area contributed by atoms with Gasteiger partial charge in [0.15, 0.2) is 0 Å². The molecule has 10 heteroatoms. The summed E-state index contributed by atoms with van der Waals surface area (Å²) in [5.41, 5.74) is 0.975. The number of halogens is 1. The Labute approximate surface area is 181 Å². The van der Waals surface area contributed by atoms with Crippen LogP contribution < -0.4 is 5.32 Å². The number of hydrogen-bond donors (Lipinski definition) is 1. The number of rotatable bonds is 7. The quantitative estimate of drug-likeness (QED) is 0.500. The lowest BCUT2D eigenvalue weighted by molar-refractivity contribution is -0.385. The molecule has 1 fully saturated rings. The van der Waals surface area contributed by atoms with E-state index in [0.717, 1.165) is 11.6 Å². The normalized spacial score (nSPS) is 16.4. The molecule has 1 saturated heterocycles. The lowest BCUT2D eigenvalue weighted by atomic mass is 9.95. The van der Waals surface area contributed by atoms with Crippen LogP contribution in [0.1, 0.15) is 25.5 Å².